The Bertz CT molecular complexity index is 1230. The molecule has 0 spiro atoms. The summed E-state index contributed by atoms with van der Waals surface area (Å²) >= 11 is 5.77. The number of nitrogens with zero attached hydrogens (tertiary/aromatic N) is 1. The maximum atomic E-state index is 12.4. The Morgan fingerprint density at radius 1 is 0.938 bits per heavy atom. The van der Waals surface area contributed by atoms with Crippen molar-refractivity contribution in [3.8, 4) is 17.2 Å². The van der Waals surface area contributed by atoms with Gasteiger partial charge >= 0.3 is 5.97 Å². The van der Waals surface area contributed by atoms with Crippen LogP contribution in [0.25, 0.3) is 0 Å². The SMILES string of the molecule is COc1ccc(C(=O)Oc2ccc(/C=N/NS(=O)(=O)c3ccc(Cl)cc3)cc2OC)cc1. The van der Waals surface area contributed by atoms with Gasteiger partial charge in [-0.1, -0.05) is 11.6 Å². The fraction of sp³-hybridized carbons (Fsp3) is 0.0909. The lowest BCUT2D eigenvalue weighted by Crippen LogP contribution is -2.18. The Morgan fingerprint density at radius 3 is 2.25 bits per heavy atom. The number of sulfonamides is 1. The van der Waals surface area contributed by atoms with Gasteiger partial charge in [0.1, 0.15) is 5.75 Å². The van der Waals surface area contributed by atoms with Gasteiger partial charge in [0, 0.05) is 5.02 Å². The summed E-state index contributed by atoms with van der Waals surface area (Å²) in [6.07, 6.45) is 1.30. The Hall–Kier alpha value is -3.56. The fourth-order valence-electron chi connectivity index (χ4n) is 2.57. The van der Waals surface area contributed by atoms with Gasteiger partial charge in [-0.05, 0) is 72.3 Å². The number of nitrogens with one attached hydrogen (secondary N) is 1. The summed E-state index contributed by atoms with van der Waals surface area (Å²) in [5.74, 6) is 0.529. The van der Waals surface area contributed by atoms with Crippen molar-refractivity contribution in [1.82, 2.24) is 4.83 Å². The first-order valence-corrected chi connectivity index (χ1v) is 11.0. The molecule has 3 aromatic rings. The molecule has 0 aliphatic rings. The van der Waals surface area contributed by atoms with E-state index in [4.69, 9.17) is 25.8 Å². The minimum Gasteiger partial charge on any atom is -0.497 e. The molecule has 3 rings (SSSR count). The average molecular weight is 475 g/mol. The third-order valence-corrected chi connectivity index (χ3v) is 5.72. The molecule has 0 fully saturated rings. The molecule has 0 aliphatic heterocycles. The molecule has 0 heterocycles. The first-order chi connectivity index (χ1) is 15.3. The van der Waals surface area contributed by atoms with Crippen molar-refractivity contribution in [1.29, 1.82) is 0 Å². The second-order valence-electron chi connectivity index (χ2n) is 6.34. The third-order valence-electron chi connectivity index (χ3n) is 4.23. The molecule has 1 N–H and O–H groups in total. The number of hydrogen-bond acceptors (Lipinski definition) is 7. The third kappa shape index (κ3) is 5.77. The van der Waals surface area contributed by atoms with Gasteiger partial charge in [0.2, 0.25) is 0 Å². The van der Waals surface area contributed by atoms with Crippen molar-refractivity contribution < 1.29 is 27.4 Å². The molecule has 0 bridgehead atoms. The van der Waals surface area contributed by atoms with E-state index < -0.39 is 16.0 Å². The second-order valence-corrected chi connectivity index (χ2v) is 8.43. The topological polar surface area (TPSA) is 103 Å². The molecule has 0 unspecified atom stereocenters. The molecule has 0 atom stereocenters. The van der Waals surface area contributed by atoms with Gasteiger partial charge < -0.3 is 14.2 Å². The van der Waals surface area contributed by atoms with E-state index in [1.807, 2.05) is 0 Å². The predicted octanol–water partition coefficient (Wildman–Crippen LogP) is 3.89. The lowest BCUT2D eigenvalue weighted by molar-refractivity contribution is 0.0729. The van der Waals surface area contributed by atoms with Crippen LogP contribution >= 0.6 is 11.6 Å². The Labute approximate surface area is 190 Å². The zero-order chi connectivity index (χ0) is 23.1. The highest BCUT2D eigenvalue weighted by Gasteiger charge is 2.14. The van der Waals surface area contributed by atoms with Crippen LogP contribution in [0.4, 0.5) is 0 Å². The van der Waals surface area contributed by atoms with Gasteiger partial charge in [0.15, 0.2) is 11.5 Å². The van der Waals surface area contributed by atoms with Gasteiger partial charge in [-0.2, -0.15) is 13.5 Å². The Kier molecular flexibility index (Phi) is 7.34. The number of rotatable bonds is 8. The average Bonchev–Trinajstić information content (AvgIpc) is 2.80. The molecular weight excluding hydrogens is 456 g/mol. The van der Waals surface area contributed by atoms with Crippen LogP contribution in [0.15, 0.2) is 76.7 Å². The van der Waals surface area contributed by atoms with Crippen LogP contribution in [0.3, 0.4) is 0 Å². The van der Waals surface area contributed by atoms with E-state index in [9.17, 15) is 13.2 Å². The lowest BCUT2D eigenvalue weighted by atomic mass is 10.2. The number of ether oxygens (including phenoxy) is 3. The number of methoxy groups -OCH3 is 2. The number of hydrogen-bond donors (Lipinski definition) is 1. The molecule has 32 heavy (non-hydrogen) atoms. The molecule has 0 saturated carbocycles. The molecule has 0 aromatic heterocycles. The highest BCUT2D eigenvalue weighted by molar-refractivity contribution is 7.89. The van der Waals surface area contributed by atoms with Crippen molar-refractivity contribution >= 4 is 33.8 Å². The van der Waals surface area contributed by atoms with Crippen LogP contribution in [0.2, 0.25) is 5.02 Å². The number of benzene rings is 3. The van der Waals surface area contributed by atoms with Crippen molar-refractivity contribution in [3.63, 3.8) is 0 Å². The van der Waals surface area contributed by atoms with E-state index in [1.54, 1.807) is 36.4 Å². The minimum absolute atomic E-state index is 0.0254. The van der Waals surface area contributed by atoms with E-state index in [-0.39, 0.29) is 16.4 Å². The van der Waals surface area contributed by atoms with Crippen molar-refractivity contribution in [2.45, 2.75) is 4.90 Å². The van der Waals surface area contributed by atoms with Gasteiger partial charge in [-0.3, -0.25) is 0 Å². The van der Waals surface area contributed by atoms with Crippen LogP contribution in [0.1, 0.15) is 15.9 Å². The van der Waals surface area contributed by atoms with E-state index >= 15 is 0 Å². The summed E-state index contributed by atoms with van der Waals surface area (Å²) in [5.41, 5.74) is 0.861. The maximum absolute atomic E-state index is 12.4. The number of carbonyl (C=O) groups is 1. The van der Waals surface area contributed by atoms with Gasteiger partial charge in [0.05, 0.1) is 30.9 Å². The van der Waals surface area contributed by atoms with Crippen LogP contribution in [-0.2, 0) is 10.0 Å². The second kappa shape index (κ2) is 10.2. The molecule has 8 nitrogen and oxygen atoms in total. The summed E-state index contributed by atoms with van der Waals surface area (Å²) in [6.45, 7) is 0. The number of carbonyl (C=O) groups excluding carboxylic acids is 1. The zero-order valence-corrected chi connectivity index (χ0v) is 18.7. The molecular formula is C22H19ClN2O6S. The maximum Gasteiger partial charge on any atom is 0.343 e. The number of esters is 1. The molecule has 3 aromatic carbocycles. The fourth-order valence-corrected chi connectivity index (χ4v) is 3.49. The molecule has 0 saturated heterocycles. The number of hydrazone groups is 1. The quantitative estimate of drug-likeness (QED) is 0.230. The van der Waals surface area contributed by atoms with Crippen LogP contribution in [0, 0.1) is 0 Å². The van der Waals surface area contributed by atoms with Crippen LogP contribution in [0.5, 0.6) is 17.2 Å². The van der Waals surface area contributed by atoms with E-state index in [1.165, 1.54) is 50.8 Å². The minimum atomic E-state index is -3.84. The first kappa shape index (κ1) is 23.1. The highest BCUT2D eigenvalue weighted by atomic mass is 35.5. The molecule has 0 radical (unpaired) electrons. The molecule has 166 valence electrons. The summed E-state index contributed by atoms with van der Waals surface area (Å²) < 4.78 is 40.2. The summed E-state index contributed by atoms with van der Waals surface area (Å²) in [7, 11) is -0.884. The standard InChI is InChI=1S/C22H19ClN2O6S/c1-29-18-8-4-16(5-9-18)22(26)31-20-12-3-15(13-21(20)30-2)14-24-25-32(27,28)19-10-6-17(23)7-11-19/h3-14,25H,1-2H3/b24-14+. The van der Waals surface area contributed by atoms with Crippen molar-refractivity contribution in [2.24, 2.45) is 5.10 Å². The summed E-state index contributed by atoms with van der Waals surface area (Å²) in [4.78, 5) is 14.5. The van der Waals surface area contributed by atoms with E-state index in [0.717, 1.165) is 0 Å². The van der Waals surface area contributed by atoms with Crippen molar-refractivity contribution in [2.75, 3.05) is 14.2 Å². The number of halogens is 1. The van der Waals surface area contributed by atoms with Crippen molar-refractivity contribution in [3.05, 3.63) is 82.9 Å². The van der Waals surface area contributed by atoms with E-state index in [0.29, 0.717) is 21.9 Å². The van der Waals surface area contributed by atoms with Crippen LogP contribution in [-0.4, -0.2) is 34.8 Å². The smallest absolute Gasteiger partial charge is 0.343 e. The largest absolute Gasteiger partial charge is 0.497 e. The van der Waals surface area contributed by atoms with Crippen LogP contribution < -0.4 is 19.0 Å². The zero-order valence-electron chi connectivity index (χ0n) is 17.1. The predicted molar refractivity (Wildman–Crippen MR) is 120 cm³/mol. The summed E-state index contributed by atoms with van der Waals surface area (Å²) in [6, 6.07) is 16.8. The van der Waals surface area contributed by atoms with Gasteiger partial charge in [0.25, 0.3) is 10.0 Å². The Balaban J connectivity index is 1.70. The normalized spacial score (nSPS) is 11.2. The van der Waals surface area contributed by atoms with E-state index in [2.05, 4.69) is 9.93 Å². The Morgan fingerprint density at radius 2 is 1.62 bits per heavy atom. The molecule has 0 aliphatic carbocycles. The van der Waals surface area contributed by atoms with Gasteiger partial charge in [-0.25, -0.2) is 9.63 Å². The monoisotopic (exact) mass is 474 g/mol. The molecule has 0 amide bonds. The first-order valence-electron chi connectivity index (χ1n) is 9.17. The molecule has 10 heteroatoms. The highest BCUT2D eigenvalue weighted by Crippen LogP contribution is 2.28. The summed E-state index contributed by atoms with van der Waals surface area (Å²) in [5, 5.41) is 4.19. The van der Waals surface area contributed by atoms with Gasteiger partial charge in [-0.15, -0.1) is 0 Å². The lowest BCUT2D eigenvalue weighted by Gasteiger charge is -2.10.